The number of nitrogens with one attached hydrogen (secondary N) is 1. The summed E-state index contributed by atoms with van der Waals surface area (Å²) in [4.78, 5) is 35.1. The van der Waals surface area contributed by atoms with E-state index >= 15 is 0 Å². The molecule has 138 valence electrons. The Hall–Kier alpha value is -2.50. The van der Waals surface area contributed by atoms with Crippen molar-refractivity contribution in [2.45, 2.75) is 40.0 Å². The molecule has 1 fully saturated rings. The van der Waals surface area contributed by atoms with E-state index in [2.05, 4.69) is 36.1 Å². The number of carbonyl (C=O) groups is 2. The second-order valence-corrected chi connectivity index (χ2v) is 8.00. The zero-order valence-corrected chi connectivity index (χ0v) is 15.7. The second-order valence-electron chi connectivity index (χ2n) is 8.00. The van der Waals surface area contributed by atoms with Gasteiger partial charge in [-0.15, -0.1) is 0 Å². The van der Waals surface area contributed by atoms with Gasteiger partial charge in [0.15, 0.2) is 0 Å². The quantitative estimate of drug-likeness (QED) is 0.798. The molecule has 6 heteroatoms. The molecule has 2 heterocycles. The lowest BCUT2D eigenvalue weighted by Crippen LogP contribution is -2.40. The summed E-state index contributed by atoms with van der Waals surface area (Å²) < 4.78 is 0. The second kappa shape index (κ2) is 7.40. The van der Waals surface area contributed by atoms with Crippen LogP contribution in [-0.4, -0.2) is 39.8 Å². The van der Waals surface area contributed by atoms with Gasteiger partial charge in [0, 0.05) is 31.2 Å². The predicted molar refractivity (Wildman–Crippen MR) is 102 cm³/mol. The van der Waals surface area contributed by atoms with Crippen LogP contribution in [0.5, 0.6) is 0 Å². The van der Waals surface area contributed by atoms with E-state index in [1.807, 2.05) is 0 Å². The van der Waals surface area contributed by atoms with Crippen LogP contribution in [0.25, 0.3) is 11.0 Å². The van der Waals surface area contributed by atoms with Crippen LogP contribution < -0.4 is 5.32 Å². The van der Waals surface area contributed by atoms with Gasteiger partial charge in [-0.25, -0.2) is 0 Å². The molecule has 2 amide bonds. The number of benzene rings is 1. The maximum atomic E-state index is 12.6. The number of likely N-dealkylation sites (tertiary alicyclic amines) is 1. The molecule has 0 bridgehead atoms. The van der Waals surface area contributed by atoms with E-state index in [1.165, 1.54) is 0 Å². The van der Waals surface area contributed by atoms with Crippen LogP contribution in [-0.2, 0) is 9.59 Å². The SMILES string of the molecule is CC(C)(C)[C@@H]1CCCN(C(=O)C(=O)Nc2ccc3nccnc3c2)CC1. The summed E-state index contributed by atoms with van der Waals surface area (Å²) in [6.07, 6.45) is 6.19. The zero-order valence-electron chi connectivity index (χ0n) is 15.7. The summed E-state index contributed by atoms with van der Waals surface area (Å²) in [7, 11) is 0. The third kappa shape index (κ3) is 4.18. The minimum atomic E-state index is -0.595. The van der Waals surface area contributed by atoms with E-state index in [1.54, 1.807) is 35.5 Å². The molecule has 0 radical (unpaired) electrons. The van der Waals surface area contributed by atoms with Crippen molar-refractivity contribution in [1.82, 2.24) is 14.9 Å². The molecule has 2 aromatic rings. The first kappa shape index (κ1) is 18.3. The number of hydrogen-bond acceptors (Lipinski definition) is 4. The molecule has 26 heavy (non-hydrogen) atoms. The Bertz CT molecular complexity index is 813. The molecular formula is C20H26N4O2. The number of aromatic nitrogens is 2. The molecule has 1 saturated heterocycles. The van der Waals surface area contributed by atoms with Crippen LogP contribution in [0.4, 0.5) is 5.69 Å². The number of fused-ring (bicyclic) bond motifs is 1. The normalized spacial score (nSPS) is 18.4. The standard InChI is InChI=1S/C20H26N4O2/c1-20(2,3)14-5-4-11-24(12-8-14)19(26)18(25)23-15-6-7-16-17(13-15)22-10-9-21-16/h6-7,9-10,13-14H,4-5,8,11-12H2,1-3H3,(H,23,25)/t14-/m1/s1. The average Bonchev–Trinajstić information content (AvgIpc) is 2.87. The van der Waals surface area contributed by atoms with Gasteiger partial charge in [0.25, 0.3) is 0 Å². The molecule has 1 aliphatic heterocycles. The number of nitrogens with zero attached hydrogens (tertiary/aromatic N) is 3. The maximum absolute atomic E-state index is 12.6. The van der Waals surface area contributed by atoms with Crippen molar-refractivity contribution in [2.75, 3.05) is 18.4 Å². The van der Waals surface area contributed by atoms with E-state index in [9.17, 15) is 9.59 Å². The Balaban J connectivity index is 1.64. The monoisotopic (exact) mass is 354 g/mol. The fourth-order valence-electron chi connectivity index (χ4n) is 3.53. The summed E-state index contributed by atoms with van der Waals surface area (Å²) >= 11 is 0. The Morgan fingerprint density at radius 2 is 1.81 bits per heavy atom. The first-order valence-electron chi connectivity index (χ1n) is 9.15. The molecule has 6 nitrogen and oxygen atoms in total. The maximum Gasteiger partial charge on any atom is 0.313 e. The van der Waals surface area contributed by atoms with Crippen LogP contribution in [0.2, 0.25) is 0 Å². The topological polar surface area (TPSA) is 75.2 Å². The first-order chi connectivity index (χ1) is 12.3. The number of hydrogen-bond donors (Lipinski definition) is 1. The summed E-state index contributed by atoms with van der Waals surface area (Å²) in [6, 6.07) is 5.24. The van der Waals surface area contributed by atoms with Gasteiger partial charge in [-0.1, -0.05) is 20.8 Å². The minimum absolute atomic E-state index is 0.230. The van der Waals surface area contributed by atoms with E-state index in [0.717, 1.165) is 24.8 Å². The largest absolute Gasteiger partial charge is 0.334 e. The van der Waals surface area contributed by atoms with Gasteiger partial charge in [0.05, 0.1) is 11.0 Å². The van der Waals surface area contributed by atoms with Gasteiger partial charge >= 0.3 is 11.8 Å². The van der Waals surface area contributed by atoms with Crippen molar-refractivity contribution in [1.29, 1.82) is 0 Å². The van der Waals surface area contributed by atoms with Crippen LogP contribution in [0.1, 0.15) is 40.0 Å². The fraction of sp³-hybridized carbons (Fsp3) is 0.500. The highest BCUT2D eigenvalue weighted by Gasteiger charge is 2.30. The van der Waals surface area contributed by atoms with Crippen molar-refractivity contribution in [3.05, 3.63) is 30.6 Å². The molecule has 0 spiro atoms. The molecule has 1 N–H and O–H groups in total. The van der Waals surface area contributed by atoms with Gasteiger partial charge < -0.3 is 10.2 Å². The number of anilines is 1. The van der Waals surface area contributed by atoms with Crippen molar-refractivity contribution in [3.63, 3.8) is 0 Å². The van der Waals surface area contributed by atoms with Crippen LogP contribution in [0.3, 0.4) is 0 Å². The van der Waals surface area contributed by atoms with Gasteiger partial charge in [-0.3, -0.25) is 19.6 Å². The predicted octanol–water partition coefficient (Wildman–Crippen LogP) is 3.24. The smallest absolute Gasteiger partial charge is 0.313 e. The van der Waals surface area contributed by atoms with Crippen molar-refractivity contribution >= 4 is 28.5 Å². The van der Waals surface area contributed by atoms with E-state index in [0.29, 0.717) is 30.2 Å². The lowest BCUT2D eigenvalue weighted by molar-refractivity contribution is -0.143. The highest BCUT2D eigenvalue weighted by atomic mass is 16.2. The highest BCUT2D eigenvalue weighted by molar-refractivity contribution is 6.39. The summed E-state index contributed by atoms with van der Waals surface area (Å²) in [5.74, 6) is -0.483. The molecule has 1 atom stereocenters. The molecule has 1 aliphatic rings. The lowest BCUT2D eigenvalue weighted by atomic mass is 9.77. The minimum Gasteiger partial charge on any atom is -0.334 e. The van der Waals surface area contributed by atoms with E-state index < -0.39 is 11.8 Å². The third-order valence-corrected chi connectivity index (χ3v) is 5.16. The molecule has 0 aliphatic carbocycles. The molecule has 1 aromatic carbocycles. The van der Waals surface area contributed by atoms with Crippen molar-refractivity contribution in [3.8, 4) is 0 Å². The number of carbonyl (C=O) groups excluding carboxylic acids is 2. The van der Waals surface area contributed by atoms with Crippen molar-refractivity contribution in [2.24, 2.45) is 11.3 Å². The van der Waals surface area contributed by atoms with Crippen LogP contribution in [0.15, 0.2) is 30.6 Å². The Labute approximate surface area is 154 Å². The Morgan fingerprint density at radius 1 is 1.08 bits per heavy atom. The van der Waals surface area contributed by atoms with Gasteiger partial charge in [0.2, 0.25) is 0 Å². The summed E-state index contributed by atoms with van der Waals surface area (Å²) in [6.45, 7) is 8.00. The summed E-state index contributed by atoms with van der Waals surface area (Å²) in [5.41, 5.74) is 2.21. The average molecular weight is 354 g/mol. The third-order valence-electron chi connectivity index (χ3n) is 5.16. The zero-order chi connectivity index (χ0) is 18.7. The number of rotatable bonds is 1. The molecule has 1 aromatic heterocycles. The number of amides is 2. The summed E-state index contributed by atoms with van der Waals surface area (Å²) in [5, 5.41) is 2.70. The fourth-order valence-corrected chi connectivity index (χ4v) is 3.53. The molecule has 0 unspecified atom stereocenters. The molecule has 3 rings (SSSR count). The van der Waals surface area contributed by atoms with Crippen molar-refractivity contribution < 1.29 is 9.59 Å². The highest BCUT2D eigenvalue weighted by Crippen LogP contribution is 2.34. The van der Waals surface area contributed by atoms with Crippen LogP contribution in [0, 0.1) is 11.3 Å². The van der Waals surface area contributed by atoms with E-state index in [-0.39, 0.29) is 5.41 Å². The molecule has 0 saturated carbocycles. The first-order valence-corrected chi connectivity index (χ1v) is 9.15. The van der Waals surface area contributed by atoms with Gasteiger partial charge in [-0.05, 0) is 48.8 Å². The lowest BCUT2D eigenvalue weighted by Gasteiger charge is -2.29. The Morgan fingerprint density at radius 3 is 2.54 bits per heavy atom. The Kier molecular flexibility index (Phi) is 5.20. The van der Waals surface area contributed by atoms with Gasteiger partial charge in [0.1, 0.15) is 0 Å². The molecular weight excluding hydrogens is 328 g/mol. The van der Waals surface area contributed by atoms with Gasteiger partial charge in [-0.2, -0.15) is 0 Å². The van der Waals surface area contributed by atoms with Crippen LogP contribution >= 0.6 is 0 Å². The van der Waals surface area contributed by atoms with E-state index in [4.69, 9.17) is 0 Å².